The number of fused-ring (bicyclic) bond motifs is 1. The first-order valence-corrected chi connectivity index (χ1v) is 5.79. The molecule has 0 spiro atoms. The fourth-order valence-electron chi connectivity index (χ4n) is 1.99. The van der Waals surface area contributed by atoms with Crippen LogP contribution in [-0.2, 0) is 6.42 Å². The van der Waals surface area contributed by atoms with Gasteiger partial charge in [-0.15, -0.1) is 0 Å². The van der Waals surface area contributed by atoms with Crippen LogP contribution in [-0.4, -0.2) is 15.4 Å². The molecule has 2 heterocycles. The first-order chi connectivity index (χ1) is 7.58. The van der Waals surface area contributed by atoms with Gasteiger partial charge in [-0.25, -0.2) is 4.98 Å². The smallest absolute Gasteiger partial charge is 0.115 e. The molecule has 0 radical (unpaired) electrons. The average molecular weight is 217 g/mol. The summed E-state index contributed by atoms with van der Waals surface area (Å²) in [4.78, 5) is 4.45. The molecule has 0 saturated heterocycles. The molecule has 0 amide bonds. The summed E-state index contributed by atoms with van der Waals surface area (Å²) >= 11 is 0. The number of hydrogen-bond acceptors (Lipinski definition) is 2. The highest BCUT2D eigenvalue weighted by molar-refractivity contribution is 5.48. The number of nitrogens with two attached hydrogens (primary N) is 1. The van der Waals surface area contributed by atoms with Crippen molar-refractivity contribution < 1.29 is 0 Å². The van der Waals surface area contributed by atoms with Crippen LogP contribution in [0.5, 0.6) is 0 Å². The van der Waals surface area contributed by atoms with Gasteiger partial charge in [0.25, 0.3) is 0 Å². The van der Waals surface area contributed by atoms with Crippen LogP contribution in [0.4, 0.5) is 0 Å². The van der Waals surface area contributed by atoms with Crippen LogP contribution in [0.2, 0.25) is 0 Å². The lowest BCUT2D eigenvalue weighted by Gasteiger charge is -2.07. The highest BCUT2D eigenvalue weighted by Crippen LogP contribution is 2.16. The van der Waals surface area contributed by atoms with Gasteiger partial charge in [0, 0.05) is 18.2 Å². The Bertz CT molecular complexity index is 483. The Balaban J connectivity index is 2.41. The minimum Gasteiger partial charge on any atom is -0.328 e. The molecule has 1 unspecified atom stereocenters. The molecule has 0 saturated carbocycles. The third kappa shape index (κ3) is 2.09. The molecule has 3 nitrogen and oxygen atoms in total. The lowest BCUT2D eigenvalue weighted by Crippen LogP contribution is -2.17. The molecule has 0 aliphatic heterocycles. The van der Waals surface area contributed by atoms with Gasteiger partial charge in [0.05, 0.1) is 11.7 Å². The molecule has 0 fully saturated rings. The standard InChI is InChI=1S/C13H19N3/c1-9(2)13-15-8-12-7-11(6-10(3)14)4-5-16(12)13/h4-5,7-10H,6,14H2,1-3H3. The van der Waals surface area contributed by atoms with Gasteiger partial charge in [0.15, 0.2) is 0 Å². The second kappa shape index (κ2) is 4.26. The lowest BCUT2D eigenvalue weighted by atomic mass is 10.1. The van der Waals surface area contributed by atoms with Crippen molar-refractivity contribution in [2.45, 2.75) is 39.2 Å². The van der Waals surface area contributed by atoms with Crippen molar-refractivity contribution in [3.8, 4) is 0 Å². The molecule has 0 bridgehead atoms. The molecule has 0 aromatic carbocycles. The Morgan fingerprint density at radius 3 is 2.75 bits per heavy atom. The topological polar surface area (TPSA) is 43.3 Å². The molecule has 2 aromatic heterocycles. The van der Waals surface area contributed by atoms with E-state index in [2.05, 4.69) is 41.6 Å². The Hall–Kier alpha value is -1.35. The minimum atomic E-state index is 0.204. The number of hydrogen-bond donors (Lipinski definition) is 1. The molecular weight excluding hydrogens is 198 g/mol. The Morgan fingerprint density at radius 1 is 1.38 bits per heavy atom. The van der Waals surface area contributed by atoms with Crippen molar-refractivity contribution in [1.82, 2.24) is 9.38 Å². The summed E-state index contributed by atoms with van der Waals surface area (Å²) in [6, 6.07) is 4.50. The number of imidazole rings is 1. The maximum absolute atomic E-state index is 5.80. The fraction of sp³-hybridized carbons (Fsp3) is 0.462. The summed E-state index contributed by atoms with van der Waals surface area (Å²) in [7, 11) is 0. The molecular formula is C13H19N3. The zero-order valence-electron chi connectivity index (χ0n) is 10.1. The second-order valence-electron chi connectivity index (χ2n) is 4.78. The summed E-state index contributed by atoms with van der Waals surface area (Å²) in [6.45, 7) is 6.34. The van der Waals surface area contributed by atoms with Gasteiger partial charge < -0.3 is 10.1 Å². The van der Waals surface area contributed by atoms with Crippen LogP contribution in [0.3, 0.4) is 0 Å². The highest BCUT2D eigenvalue weighted by Gasteiger charge is 2.08. The Kier molecular flexibility index (Phi) is 2.97. The SMILES string of the molecule is CC(N)Cc1ccn2c(C(C)C)ncc2c1. The van der Waals surface area contributed by atoms with Crippen LogP contribution in [0, 0.1) is 0 Å². The van der Waals surface area contributed by atoms with E-state index in [9.17, 15) is 0 Å². The minimum absolute atomic E-state index is 0.204. The van der Waals surface area contributed by atoms with E-state index in [-0.39, 0.29) is 6.04 Å². The third-order valence-electron chi connectivity index (χ3n) is 2.70. The summed E-state index contributed by atoms with van der Waals surface area (Å²) in [5.74, 6) is 1.56. The van der Waals surface area contributed by atoms with E-state index in [0.717, 1.165) is 17.8 Å². The molecule has 2 aromatic rings. The van der Waals surface area contributed by atoms with Crippen LogP contribution >= 0.6 is 0 Å². The first-order valence-electron chi connectivity index (χ1n) is 5.79. The monoisotopic (exact) mass is 217 g/mol. The van der Waals surface area contributed by atoms with Crippen molar-refractivity contribution in [2.24, 2.45) is 5.73 Å². The second-order valence-corrected chi connectivity index (χ2v) is 4.78. The largest absolute Gasteiger partial charge is 0.328 e. The number of aromatic nitrogens is 2. The zero-order chi connectivity index (χ0) is 11.7. The van der Waals surface area contributed by atoms with E-state index in [1.54, 1.807) is 0 Å². The summed E-state index contributed by atoms with van der Waals surface area (Å²) in [5.41, 5.74) is 8.23. The van der Waals surface area contributed by atoms with Gasteiger partial charge in [0.2, 0.25) is 0 Å². The normalized spacial score (nSPS) is 13.6. The van der Waals surface area contributed by atoms with Crippen molar-refractivity contribution >= 4 is 5.52 Å². The lowest BCUT2D eigenvalue weighted by molar-refractivity contribution is 0.735. The van der Waals surface area contributed by atoms with Crippen LogP contribution < -0.4 is 5.73 Å². The molecule has 1 atom stereocenters. The number of rotatable bonds is 3. The first kappa shape index (κ1) is 11.1. The van der Waals surface area contributed by atoms with Crippen LogP contribution in [0.1, 0.15) is 38.1 Å². The molecule has 16 heavy (non-hydrogen) atoms. The van der Waals surface area contributed by atoms with E-state index in [0.29, 0.717) is 5.92 Å². The van der Waals surface area contributed by atoms with E-state index in [4.69, 9.17) is 5.73 Å². The summed E-state index contributed by atoms with van der Waals surface area (Å²) < 4.78 is 2.15. The van der Waals surface area contributed by atoms with Gasteiger partial charge in [0.1, 0.15) is 5.82 Å². The average Bonchev–Trinajstić information content (AvgIpc) is 2.59. The molecule has 2 N–H and O–H groups in total. The Morgan fingerprint density at radius 2 is 2.12 bits per heavy atom. The van der Waals surface area contributed by atoms with Crippen LogP contribution in [0.25, 0.3) is 5.52 Å². The molecule has 0 aliphatic carbocycles. The molecule has 0 aliphatic rings. The van der Waals surface area contributed by atoms with Crippen molar-refractivity contribution in [2.75, 3.05) is 0 Å². The van der Waals surface area contributed by atoms with E-state index >= 15 is 0 Å². The highest BCUT2D eigenvalue weighted by atomic mass is 15.0. The van der Waals surface area contributed by atoms with Gasteiger partial charge in [-0.05, 0) is 31.0 Å². The van der Waals surface area contributed by atoms with Crippen LogP contribution in [0.15, 0.2) is 24.5 Å². The van der Waals surface area contributed by atoms with E-state index < -0.39 is 0 Å². The maximum Gasteiger partial charge on any atom is 0.115 e. The molecule has 3 heteroatoms. The summed E-state index contributed by atoms with van der Waals surface area (Å²) in [5, 5.41) is 0. The van der Waals surface area contributed by atoms with Gasteiger partial charge in [-0.3, -0.25) is 0 Å². The number of nitrogens with zero attached hydrogens (tertiary/aromatic N) is 2. The van der Waals surface area contributed by atoms with Crippen molar-refractivity contribution in [1.29, 1.82) is 0 Å². The quantitative estimate of drug-likeness (QED) is 0.857. The van der Waals surface area contributed by atoms with Gasteiger partial charge in [-0.1, -0.05) is 13.8 Å². The van der Waals surface area contributed by atoms with Gasteiger partial charge in [-0.2, -0.15) is 0 Å². The molecule has 2 rings (SSSR count). The zero-order valence-corrected chi connectivity index (χ0v) is 10.1. The fourth-order valence-corrected chi connectivity index (χ4v) is 1.99. The maximum atomic E-state index is 5.80. The predicted molar refractivity (Wildman–Crippen MR) is 66.6 cm³/mol. The number of pyridine rings is 1. The van der Waals surface area contributed by atoms with Crippen molar-refractivity contribution in [3.63, 3.8) is 0 Å². The van der Waals surface area contributed by atoms with E-state index in [1.807, 2.05) is 13.1 Å². The summed E-state index contributed by atoms with van der Waals surface area (Å²) in [6.07, 6.45) is 4.94. The van der Waals surface area contributed by atoms with Gasteiger partial charge >= 0.3 is 0 Å². The van der Waals surface area contributed by atoms with Crippen molar-refractivity contribution in [3.05, 3.63) is 35.9 Å². The predicted octanol–water partition coefficient (Wildman–Crippen LogP) is 2.35. The third-order valence-corrected chi connectivity index (χ3v) is 2.70. The Labute approximate surface area is 96.3 Å². The van der Waals surface area contributed by atoms with E-state index in [1.165, 1.54) is 5.56 Å². The molecule has 86 valence electrons.